The predicted molar refractivity (Wildman–Crippen MR) is 120 cm³/mol. The van der Waals surface area contributed by atoms with Crippen LogP contribution in [0.1, 0.15) is 45.8 Å². The summed E-state index contributed by atoms with van der Waals surface area (Å²) >= 11 is 0. The molecule has 0 radical (unpaired) electrons. The fraction of sp³-hybridized carbons (Fsp3) is 0.308. The van der Waals surface area contributed by atoms with Crippen molar-refractivity contribution in [1.29, 1.82) is 0 Å². The first kappa shape index (κ1) is 19.6. The van der Waals surface area contributed by atoms with Crippen LogP contribution in [-0.2, 0) is 17.6 Å². The third kappa shape index (κ3) is 3.76. The SMILES string of the molecule is COC(=O)c1ccncc1CCC1CCOc2cc(N3CCc4ccccc43)ccc21. The van der Waals surface area contributed by atoms with Gasteiger partial charge < -0.3 is 14.4 Å². The number of hydrogen-bond donors (Lipinski definition) is 0. The molecule has 1 unspecified atom stereocenters. The van der Waals surface area contributed by atoms with Crippen molar-refractivity contribution < 1.29 is 14.3 Å². The quantitative estimate of drug-likeness (QED) is 0.546. The van der Waals surface area contributed by atoms with Crippen LogP contribution < -0.4 is 9.64 Å². The van der Waals surface area contributed by atoms with E-state index in [0.29, 0.717) is 18.1 Å². The van der Waals surface area contributed by atoms with Gasteiger partial charge in [0.2, 0.25) is 0 Å². The van der Waals surface area contributed by atoms with Crippen LogP contribution in [0.25, 0.3) is 0 Å². The van der Waals surface area contributed by atoms with E-state index in [-0.39, 0.29) is 5.97 Å². The number of hydrogen-bond acceptors (Lipinski definition) is 5. The molecular weight excluding hydrogens is 388 g/mol. The maximum Gasteiger partial charge on any atom is 0.338 e. The van der Waals surface area contributed by atoms with Gasteiger partial charge in [-0.3, -0.25) is 4.98 Å². The van der Waals surface area contributed by atoms with Crippen molar-refractivity contribution in [2.45, 2.75) is 31.6 Å². The van der Waals surface area contributed by atoms with Gasteiger partial charge in [-0.05, 0) is 66.5 Å². The second-order valence-corrected chi connectivity index (χ2v) is 8.15. The number of para-hydroxylation sites is 1. The molecule has 1 aromatic heterocycles. The molecule has 0 saturated heterocycles. The molecule has 0 bridgehead atoms. The number of benzene rings is 2. The van der Waals surface area contributed by atoms with E-state index >= 15 is 0 Å². The monoisotopic (exact) mass is 414 g/mol. The van der Waals surface area contributed by atoms with Gasteiger partial charge in [0, 0.05) is 36.4 Å². The molecular formula is C26H26N2O3. The van der Waals surface area contributed by atoms with Gasteiger partial charge in [-0.1, -0.05) is 24.3 Å². The average Bonchev–Trinajstić information content (AvgIpc) is 3.26. The highest BCUT2D eigenvalue weighted by molar-refractivity contribution is 5.90. The maximum atomic E-state index is 12.1. The molecule has 3 aromatic rings. The highest BCUT2D eigenvalue weighted by Gasteiger charge is 2.25. The van der Waals surface area contributed by atoms with E-state index in [1.165, 1.54) is 29.6 Å². The largest absolute Gasteiger partial charge is 0.493 e. The number of carbonyl (C=O) groups excluding carboxylic acids is 1. The fourth-order valence-electron chi connectivity index (χ4n) is 4.79. The van der Waals surface area contributed by atoms with Gasteiger partial charge in [0.25, 0.3) is 0 Å². The number of ether oxygens (including phenoxy) is 2. The van der Waals surface area contributed by atoms with Crippen LogP contribution in [0.2, 0.25) is 0 Å². The molecule has 31 heavy (non-hydrogen) atoms. The summed E-state index contributed by atoms with van der Waals surface area (Å²) in [6, 6.07) is 17.0. The lowest BCUT2D eigenvalue weighted by Gasteiger charge is -2.28. The number of anilines is 2. The van der Waals surface area contributed by atoms with Gasteiger partial charge in [0.1, 0.15) is 5.75 Å². The van der Waals surface area contributed by atoms with Crippen molar-refractivity contribution in [3.8, 4) is 5.75 Å². The van der Waals surface area contributed by atoms with E-state index < -0.39 is 0 Å². The van der Waals surface area contributed by atoms with E-state index in [1.807, 2.05) is 0 Å². The molecule has 2 aliphatic rings. The Hall–Kier alpha value is -3.34. The highest BCUT2D eigenvalue weighted by Crippen LogP contribution is 2.41. The molecule has 5 heteroatoms. The summed E-state index contributed by atoms with van der Waals surface area (Å²) in [6.07, 6.45) is 7.19. The van der Waals surface area contributed by atoms with E-state index in [9.17, 15) is 4.79 Å². The summed E-state index contributed by atoms with van der Waals surface area (Å²) in [5.41, 5.74) is 6.68. The molecule has 0 aliphatic carbocycles. The van der Waals surface area contributed by atoms with Crippen molar-refractivity contribution >= 4 is 17.3 Å². The summed E-state index contributed by atoms with van der Waals surface area (Å²) in [5, 5.41) is 0. The average molecular weight is 415 g/mol. The molecule has 2 aromatic carbocycles. The van der Waals surface area contributed by atoms with Crippen LogP contribution >= 0.6 is 0 Å². The van der Waals surface area contributed by atoms with E-state index in [4.69, 9.17) is 9.47 Å². The summed E-state index contributed by atoms with van der Waals surface area (Å²) < 4.78 is 11.0. The van der Waals surface area contributed by atoms with Gasteiger partial charge in [0.15, 0.2) is 0 Å². The van der Waals surface area contributed by atoms with Gasteiger partial charge in [-0.15, -0.1) is 0 Å². The molecule has 1 atom stereocenters. The molecule has 0 amide bonds. The molecule has 5 rings (SSSR count). The number of fused-ring (bicyclic) bond motifs is 2. The molecule has 0 spiro atoms. The van der Waals surface area contributed by atoms with Gasteiger partial charge in [0.05, 0.1) is 19.3 Å². The highest BCUT2D eigenvalue weighted by atomic mass is 16.5. The van der Waals surface area contributed by atoms with Crippen LogP contribution in [0.4, 0.5) is 11.4 Å². The van der Waals surface area contributed by atoms with Crippen molar-refractivity contribution in [2.24, 2.45) is 0 Å². The van der Waals surface area contributed by atoms with E-state index in [1.54, 1.807) is 18.5 Å². The Morgan fingerprint density at radius 1 is 1.23 bits per heavy atom. The van der Waals surface area contributed by atoms with E-state index in [2.05, 4.69) is 52.3 Å². The van der Waals surface area contributed by atoms with Crippen molar-refractivity contribution in [1.82, 2.24) is 4.98 Å². The van der Waals surface area contributed by atoms with Crippen molar-refractivity contribution in [3.63, 3.8) is 0 Å². The molecule has 158 valence electrons. The lowest BCUT2D eigenvalue weighted by molar-refractivity contribution is 0.0599. The minimum absolute atomic E-state index is 0.305. The minimum atomic E-state index is -0.305. The Kier molecular flexibility index (Phi) is 5.33. The minimum Gasteiger partial charge on any atom is -0.493 e. The number of methoxy groups -OCH3 is 1. The van der Waals surface area contributed by atoms with Crippen LogP contribution in [0.3, 0.4) is 0 Å². The topological polar surface area (TPSA) is 51.7 Å². The van der Waals surface area contributed by atoms with Crippen molar-refractivity contribution in [2.75, 3.05) is 25.2 Å². The third-order valence-corrected chi connectivity index (χ3v) is 6.43. The first-order valence-corrected chi connectivity index (χ1v) is 10.9. The molecule has 3 heterocycles. The molecule has 5 nitrogen and oxygen atoms in total. The number of esters is 1. The summed E-state index contributed by atoms with van der Waals surface area (Å²) in [6.45, 7) is 1.72. The second kappa shape index (κ2) is 8.42. The van der Waals surface area contributed by atoms with Crippen LogP contribution in [0, 0.1) is 0 Å². The lowest BCUT2D eigenvalue weighted by Crippen LogP contribution is -2.18. The first-order valence-electron chi connectivity index (χ1n) is 10.9. The Morgan fingerprint density at radius 3 is 3.03 bits per heavy atom. The normalized spacial score (nSPS) is 16.9. The fourth-order valence-corrected chi connectivity index (χ4v) is 4.79. The summed E-state index contributed by atoms with van der Waals surface area (Å²) in [7, 11) is 1.41. The van der Waals surface area contributed by atoms with Crippen LogP contribution in [0.15, 0.2) is 60.9 Å². The Morgan fingerprint density at radius 2 is 2.13 bits per heavy atom. The Labute approximate surface area is 182 Å². The smallest absolute Gasteiger partial charge is 0.338 e. The van der Waals surface area contributed by atoms with Gasteiger partial charge >= 0.3 is 5.97 Å². The number of pyridine rings is 1. The van der Waals surface area contributed by atoms with Crippen LogP contribution in [-0.4, -0.2) is 31.2 Å². The molecule has 0 fully saturated rings. The standard InChI is InChI=1S/C26H26N2O3/c1-30-26(29)23-10-13-27-17-20(23)7-6-18-12-15-31-25-16-21(8-9-22(18)25)28-14-11-19-4-2-3-5-24(19)28/h2-5,8-10,13,16-18H,6-7,11-12,14-15H2,1H3. The molecule has 0 N–H and O–H groups in total. The third-order valence-electron chi connectivity index (χ3n) is 6.43. The Bertz CT molecular complexity index is 1110. The first-order chi connectivity index (χ1) is 15.2. The zero-order valence-corrected chi connectivity index (χ0v) is 17.7. The van der Waals surface area contributed by atoms with Gasteiger partial charge in [-0.25, -0.2) is 4.79 Å². The van der Waals surface area contributed by atoms with Crippen LogP contribution in [0.5, 0.6) is 5.75 Å². The number of carbonyl (C=O) groups is 1. The van der Waals surface area contributed by atoms with Crippen molar-refractivity contribution in [3.05, 3.63) is 83.2 Å². The second-order valence-electron chi connectivity index (χ2n) is 8.15. The number of aromatic nitrogens is 1. The zero-order valence-electron chi connectivity index (χ0n) is 17.7. The summed E-state index contributed by atoms with van der Waals surface area (Å²) in [4.78, 5) is 18.6. The summed E-state index contributed by atoms with van der Waals surface area (Å²) in [5.74, 6) is 1.08. The Balaban J connectivity index is 1.35. The maximum absolute atomic E-state index is 12.1. The predicted octanol–water partition coefficient (Wildman–Crippen LogP) is 5.06. The van der Waals surface area contributed by atoms with E-state index in [0.717, 1.165) is 43.5 Å². The zero-order chi connectivity index (χ0) is 21.2. The number of rotatable bonds is 5. The molecule has 0 saturated carbocycles. The lowest BCUT2D eigenvalue weighted by atomic mass is 9.87. The number of nitrogens with zero attached hydrogens (tertiary/aromatic N) is 2. The van der Waals surface area contributed by atoms with Gasteiger partial charge in [-0.2, -0.15) is 0 Å². The molecule has 2 aliphatic heterocycles. The number of aryl methyl sites for hydroxylation is 1.